The second-order valence-electron chi connectivity index (χ2n) is 5.48. The van der Waals surface area contributed by atoms with Gasteiger partial charge in [0, 0.05) is 29.4 Å². The lowest BCUT2D eigenvalue weighted by Gasteiger charge is -2.28. The predicted molar refractivity (Wildman–Crippen MR) is 76.4 cm³/mol. The molecule has 1 saturated carbocycles. The summed E-state index contributed by atoms with van der Waals surface area (Å²) in [5.74, 6) is 0. The molecule has 0 spiro atoms. The van der Waals surface area contributed by atoms with Crippen molar-refractivity contribution in [2.75, 3.05) is 5.32 Å². The molecule has 2 unspecified atom stereocenters. The molecule has 1 aliphatic rings. The molecule has 1 aliphatic carbocycles. The van der Waals surface area contributed by atoms with E-state index in [1.165, 1.54) is 0 Å². The van der Waals surface area contributed by atoms with Crippen molar-refractivity contribution in [3.05, 3.63) is 33.4 Å². The van der Waals surface area contributed by atoms with Gasteiger partial charge in [0.1, 0.15) is 0 Å². The zero-order valence-corrected chi connectivity index (χ0v) is 11.5. The van der Waals surface area contributed by atoms with Gasteiger partial charge in [-0.3, -0.25) is 10.1 Å². The van der Waals surface area contributed by atoms with E-state index in [2.05, 4.69) is 5.32 Å². The van der Waals surface area contributed by atoms with Crippen LogP contribution in [0.4, 0.5) is 11.4 Å². The first-order chi connectivity index (χ1) is 8.97. The third-order valence-electron chi connectivity index (χ3n) is 3.81. The first kappa shape index (κ1) is 13.8. The Morgan fingerprint density at radius 1 is 1.32 bits per heavy atom. The minimum Gasteiger partial charge on any atom is -0.382 e. The van der Waals surface area contributed by atoms with Crippen molar-refractivity contribution in [3.63, 3.8) is 0 Å². The van der Waals surface area contributed by atoms with Crippen molar-refractivity contribution in [3.8, 4) is 0 Å². The van der Waals surface area contributed by atoms with Gasteiger partial charge in [-0.1, -0.05) is 0 Å². The van der Waals surface area contributed by atoms with Gasteiger partial charge in [-0.2, -0.15) is 0 Å². The van der Waals surface area contributed by atoms with E-state index in [9.17, 15) is 10.1 Å². The lowest BCUT2D eigenvalue weighted by molar-refractivity contribution is -0.385. The van der Waals surface area contributed by atoms with E-state index in [-0.39, 0.29) is 16.7 Å². The van der Waals surface area contributed by atoms with Crippen LogP contribution in [0.25, 0.3) is 0 Å². The number of nitrogens with one attached hydrogen (secondary N) is 1. The maximum atomic E-state index is 11.0. The number of nitrogens with two attached hydrogens (primary N) is 1. The summed E-state index contributed by atoms with van der Waals surface area (Å²) in [6.07, 6.45) is 4.20. The Bertz CT molecular complexity index is 488. The van der Waals surface area contributed by atoms with Crippen LogP contribution in [0.3, 0.4) is 0 Å². The number of hydrogen-bond donors (Lipinski definition) is 2. The summed E-state index contributed by atoms with van der Waals surface area (Å²) < 4.78 is 0. The summed E-state index contributed by atoms with van der Waals surface area (Å²) >= 11 is 0. The normalized spacial score (nSPS) is 23.1. The lowest BCUT2D eigenvalue weighted by atomic mass is 9.91. The molecule has 19 heavy (non-hydrogen) atoms. The smallest absolute Gasteiger partial charge is 0.274 e. The van der Waals surface area contributed by atoms with E-state index >= 15 is 0 Å². The van der Waals surface area contributed by atoms with E-state index in [1.807, 2.05) is 13.0 Å². The monoisotopic (exact) mass is 263 g/mol. The minimum atomic E-state index is -0.327. The molecule has 0 bridgehead atoms. The number of nitro groups is 1. The molecule has 0 aromatic heterocycles. The molecule has 0 amide bonds. The molecule has 0 heterocycles. The highest BCUT2D eigenvalue weighted by Gasteiger charge is 2.21. The standard InChI is InChI=1S/C14H21N3O2/c1-9-6-10(2)14(17(18)19)8-13(9)16-12-5-3-4-11(15)7-12/h6,8,11-12,16H,3-5,7,15H2,1-2H3. The molecule has 2 rings (SSSR count). The van der Waals surface area contributed by atoms with Crippen molar-refractivity contribution in [1.29, 1.82) is 0 Å². The summed E-state index contributed by atoms with van der Waals surface area (Å²) in [4.78, 5) is 10.7. The molecule has 5 heteroatoms. The average Bonchev–Trinajstić information content (AvgIpc) is 2.32. The minimum absolute atomic E-state index is 0.174. The van der Waals surface area contributed by atoms with Gasteiger partial charge in [-0.05, 0) is 51.2 Å². The summed E-state index contributed by atoms with van der Waals surface area (Å²) in [5, 5.41) is 14.4. The molecule has 2 atom stereocenters. The van der Waals surface area contributed by atoms with Crippen molar-refractivity contribution in [2.24, 2.45) is 5.73 Å². The van der Waals surface area contributed by atoms with E-state index in [0.717, 1.165) is 36.9 Å². The van der Waals surface area contributed by atoms with Crippen LogP contribution in [0.5, 0.6) is 0 Å². The van der Waals surface area contributed by atoms with E-state index in [0.29, 0.717) is 11.6 Å². The van der Waals surface area contributed by atoms with Gasteiger partial charge < -0.3 is 11.1 Å². The fourth-order valence-corrected chi connectivity index (χ4v) is 2.77. The Morgan fingerprint density at radius 3 is 2.68 bits per heavy atom. The van der Waals surface area contributed by atoms with Gasteiger partial charge >= 0.3 is 0 Å². The van der Waals surface area contributed by atoms with Crippen LogP contribution < -0.4 is 11.1 Å². The van der Waals surface area contributed by atoms with E-state index in [1.54, 1.807) is 13.0 Å². The average molecular weight is 263 g/mol. The van der Waals surface area contributed by atoms with Crippen molar-refractivity contribution < 1.29 is 4.92 Å². The number of anilines is 1. The number of aryl methyl sites for hydroxylation is 2. The predicted octanol–water partition coefficient (Wildman–Crippen LogP) is 2.89. The Morgan fingerprint density at radius 2 is 2.05 bits per heavy atom. The SMILES string of the molecule is Cc1cc(C)c([N+](=O)[O-])cc1NC1CCCC(N)C1. The maximum absolute atomic E-state index is 11.0. The molecule has 104 valence electrons. The van der Waals surface area contributed by atoms with Crippen molar-refractivity contribution in [1.82, 2.24) is 0 Å². The molecule has 3 N–H and O–H groups in total. The van der Waals surface area contributed by atoms with Crippen LogP contribution in [-0.2, 0) is 0 Å². The molecule has 1 fully saturated rings. The van der Waals surface area contributed by atoms with Gasteiger partial charge in [0.25, 0.3) is 5.69 Å². The molecule has 0 radical (unpaired) electrons. The third kappa shape index (κ3) is 3.23. The third-order valence-corrected chi connectivity index (χ3v) is 3.81. The summed E-state index contributed by atoms with van der Waals surface area (Å²) in [5.41, 5.74) is 8.75. The lowest BCUT2D eigenvalue weighted by Crippen LogP contribution is -2.35. The second kappa shape index (κ2) is 5.57. The Kier molecular flexibility index (Phi) is 4.04. The molecule has 1 aromatic carbocycles. The highest BCUT2D eigenvalue weighted by atomic mass is 16.6. The van der Waals surface area contributed by atoms with Crippen LogP contribution in [0.1, 0.15) is 36.8 Å². The number of benzene rings is 1. The van der Waals surface area contributed by atoms with E-state index < -0.39 is 0 Å². The van der Waals surface area contributed by atoms with Crippen LogP contribution in [0, 0.1) is 24.0 Å². The van der Waals surface area contributed by atoms with Crippen LogP contribution in [0.15, 0.2) is 12.1 Å². The van der Waals surface area contributed by atoms with Gasteiger partial charge in [0.2, 0.25) is 0 Å². The number of hydrogen-bond acceptors (Lipinski definition) is 4. The van der Waals surface area contributed by atoms with Gasteiger partial charge in [-0.25, -0.2) is 0 Å². The number of nitrogens with zero attached hydrogens (tertiary/aromatic N) is 1. The first-order valence-electron chi connectivity index (χ1n) is 6.75. The maximum Gasteiger partial charge on any atom is 0.274 e. The molecule has 1 aromatic rings. The van der Waals surface area contributed by atoms with Crippen LogP contribution in [0.2, 0.25) is 0 Å². The zero-order chi connectivity index (χ0) is 14.0. The van der Waals surface area contributed by atoms with Gasteiger partial charge in [0.15, 0.2) is 0 Å². The summed E-state index contributed by atoms with van der Waals surface area (Å²) in [7, 11) is 0. The first-order valence-corrected chi connectivity index (χ1v) is 6.75. The topological polar surface area (TPSA) is 81.2 Å². The Hall–Kier alpha value is -1.62. The number of nitro benzene ring substituents is 1. The van der Waals surface area contributed by atoms with Gasteiger partial charge in [-0.15, -0.1) is 0 Å². The molecule has 0 aliphatic heterocycles. The Balaban J connectivity index is 2.19. The second-order valence-corrected chi connectivity index (χ2v) is 5.48. The van der Waals surface area contributed by atoms with Crippen LogP contribution in [-0.4, -0.2) is 17.0 Å². The molecular weight excluding hydrogens is 242 g/mol. The Labute approximate surface area is 113 Å². The fraction of sp³-hybridized carbons (Fsp3) is 0.571. The van der Waals surface area contributed by atoms with Crippen molar-refractivity contribution in [2.45, 2.75) is 51.6 Å². The quantitative estimate of drug-likeness (QED) is 0.649. The summed E-state index contributed by atoms with van der Waals surface area (Å²) in [6.45, 7) is 3.74. The highest BCUT2D eigenvalue weighted by Crippen LogP contribution is 2.29. The molecular formula is C14H21N3O2. The molecule has 5 nitrogen and oxygen atoms in total. The summed E-state index contributed by atoms with van der Waals surface area (Å²) in [6, 6.07) is 4.07. The van der Waals surface area contributed by atoms with E-state index in [4.69, 9.17) is 5.73 Å². The number of rotatable bonds is 3. The van der Waals surface area contributed by atoms with Crippen molar-refractivity contribution >= 4 is 11.4 Å². The molecule has 0 saturated heterocycles. The van der Waals surface area contributed by atoms with Gasteiger partial charge in [0.05, 0.1) is 4.92 Å². The largest absolute Gasteiger partial charge is 0.382 e. The van der Waals surface area contributed by atoms with Crippen LogP contribution >= 0.6 is 0 Å². The fourth-order valence-electron chi connectivity index (χ4n) is 2.77. The zero-order valence-electron chi connectivity index (χ0n) is 11.5. The highest BCUT2D eigenvalue weighted by molar-refractivity contribution is 5.60.